The summed E-state index contributed by atoms with van der Waals surface area (Å²) in [5, 5.41) is 19.5. The maximum atomic E-state index is 9.71. The summed E-state index contributed by atoms with van der Waals surface area (Å²) in [6.45, 7) is 1.79. The zero-order valence-electron chi connectivity index (χ0n) is 11.4. The molecule has 104 valence electrons. The van der Waals surface area contributed by atoms with Crippen molar-refractivity contribution in [1.82, 2.24) is 15.2 Å². The average Bonchev–Trinajstić information content (AvgIpc) is 3.04. The predicted molar refractivity (Wildman–Crippen MR) is 79.1 cm³/mol. The minimum atomic E-state index is -1.12. The highest BCUT2D eigenvalue weighted by Gasteiger charge is 2.44. The summed E-state index contributed by atoms with van der Waals surface area (Å²) in [6, 6.07) is 11.8. The van der Waals surface area contributed by atoms with Gasteiger partial charge in [-0.25, -0.2) is 15.0 Å². The lowest BCUT2D eigenvalue weighted by Gasteiger charge is -2.30. The molecule has 0 fully saturated rings. The molecule has 0 spiro atoms. The Labute approximate surface area is 121 Å². The number of amidine groups is 1. The number of aromatic amines is 1. The van der Waals surface area contributed by atoms with E-state index in [2.05, 4.69) is 36.6 Å². The van der Waals surface area contributed by atoms with Gasteiger partial charge in [0.15, 0.2) is 17.4 Å². The molecule has 7 nitrogen and oxygen atoms in total. The molecule has 0 aliphatic carbocycles. The minimum absolute atomic E-state index is 0.415. The molecule has 1 aromatic carbocycles. The zero-order chi connectivity index (χ0) is 14.7. The Kier molecular flexibility index (Phi) is 3.20. The van der Waals surface area contributed by atoms with E-state index >= 15 is 0 Å². The van der Waals surface area contributed by atoms with Gasteiger partial charge in [0.05, 0.1) is 6.07 Å². The smallest absolute Gasteiger partial charge is 0.191 e. The largest absolute Gasteiger partial charge is 0.362 e. The van der Waals surface area contributed by atoms with E-state index in [1.807, 2.05) is 30.3 Å². The van der Waals surface area contributed by atoms with E-state index in [-0.39, 0.29) is 0 Å². The average molecular weight is 279 g/mol. The van der Waals surface area contributed by atoms with E-state index in [9.17, 15) is 5.26 Å². The van der Waals surface area contributed by atoms with Crippen LogP contribution < -0.4 is 5.32 Å². The second kappa shape index (κ2) is 5.17. The van der Waals surface area contributed by atoms with Crippen molar-refractivity contribution in [3.05, 3.63) is 42.5 Å². The fourth-order valence-electron chi connectivity index (χ4n) is 2.16. The number of hydrogen-bond donors (Lipinski definition) is 2. The third kappa shape index (κ3) is 2.27. The fourth-order valence-corrected chi connectivity index (χ4v) is 2.16. The molecule has 2 atom stereocenters. The van der Waals surface area contributed by atoms with Crippen molar-refractivity contribution < 1.29 is 0 Å². The number of aliphatic imine (C=N–C) groups is 2. The molecule has 2 N–H and O–H groups in total. The molecular weight excluding hydrogens is 266 g/mol. The lowest BCUT2D eigenvalue weighted by molar-refractivity contribution is 0.570. The zero-order valence-corrected chi connectivity index (χ0v) is 11.4. The number of aromatic nitrogens is 3. The Morgan fingerprint density at radius 3 is 2.81 bits per heavy atom. The summed E-state index contributed by atoms with van der Waals surface area (Å²) in [5.74, 6) is 1.02. The van der Waals surface area contributed by atoms with E-state index in [1.165, 1.54) is 6.33 Å². The number of anilines is 1. The van der Waals surface area contributed by atoms with E-state index in [0.29, 0.717) is 11.7 Å². The number of H-pyrrole nitrogens is 1. The highest BCUT2D eigenvalue weighted by atomic mass is 15.2. The van der Waals surface area contributed by atoms with Crippen molar-refractivity contribution in [3.63, 3.8) is 0 Å². The van der Waals surface area contributed by atoms with Gasteiger partial charge in [0, 0.05) is 11.9 Å². The highest BCUT2D eigenvalue weighted by Crippen LogP contribution is 2.28. The number of hydrogen-bond acceptors (Lipinski definition) is 6. The van der Waals surface area contributed by atoms with Crippen LogP contribution in [0.3, 0.4) is 0 Å². The molecule has 7 heteroatoms. The lowest BCUT2D eigenvalue weighted by Crippen LogP contribution is -2.47. The molecule has 0 bridgehead atoms. The molecule has 0 amide bonds. The van der Waals surface area contributed by atoms with Crippen molar-refractivity contribution in [3.8, 4) is 6.07 Å². The van der Waals surface area contributed by atoms with Crippen LogP contribution in [0.1, 0.15) is 12.7 Å². The van der Waals surface area contributed by atoms with Crippen LogP contribution in [0, 0.1) is 11.3 Å². The van der Waals surface area contributed by atoms with Gasteiger partial charge >= 0.3 is 0 Å². The molecular formula is C14H13N7. The number of nitrogens with zero attached hydrogens (tertiary/aromatic N) is 5. The Morgan fingerprint density at radius 2 is 2.14 bits per heavy atom. The third-order valence-electron chi connectivity index (χ3n) is 3.27. The number of para-hydroxylation sites is 1. The van der Waals surface area contributed by atoms with E-state index in [1.54, 1.807) is 13.1 Å². The summed E-state index contributed by atoms with van der Waals surface area (Å²) < 4.78 is 0. The van der Waals surface area contributed by atoms with E-state index in [4.69, 9.17) is 0 Å². The number of rotatable bonds is 3. The first-order valence-corrected chi connectivity index (χ1v) is 6.43. The molecule has 2 aromatic rings. The van der Waals surface area contributed by atoms with Crippen LogP contribution in [0.4, 0.5) is 5.69 Å². The first kappa shape index (κ1) is 13.0. The minimum Gasteiger partial charge on any atom is -0.362 e. The van der Waals surface area contributed by atoms with Gasteiger partial charge in [0.1, 0.15) is 12.2 Å². The molecule has 2 heterocycles. The van der Waals surface area contributed by atoms with Crippen LogP contribution in [0.5, 0.6) is 0 Å². The second-order valence-electron chi connectivity index (χ2n) is 4.66. The van der Waals surface area contributed by atoms with Crippen LogP contribution in [-0.4, -0.2) is 33.4 Å². The van der Waals surface area contributed by atoms with Gasteiger partial charge in [0.25, 0.3) is 0 Å². The Morgan fingerprint density at radius 1 is 1.33 bits per heavy atom. The van der Waals surface area contributed by atoms with Crippen LogP contribution in [0.15, 0.2) is 46.6 Å². The van der Waals surface area contributed by atoms with Crippen molar-refractivity contribution >= 4 is 17.7 Å². The molecule has 2 unspecified atom stereocenters. The van der Waals surface area contributed by atoms with Crippen LogP contribution in [0.2, 0.25) is 0 Å². The summed E-state index contributed by atoms with van der Waals surface area (Å²) in [7, 11) is 0. The topological polar surface area (TPSA) is 102 Å². The van der Waals surface area contributed by atoms with Crippen molar-refractivity contribution in [2.24, 2.45) is 9.98 Å². The number of nitriles is 1. The summed E-state index contributed by atoms with van der Waals surface area (Å²) in [5.41, 5.74) is -0.250. The van der Waals surface area contributed by atoms with Crippen molar-refractivity contribution in [2.75, 3.05) is 5.32 Å². The van der Waals surface area contributed by atoms with Crippen LogP contribution in [-0.2, 0) is 5.41 Å². The normalized spacial score (nSPS) is 24.2. The molecule has 0 radical (unpaired) electrons. The lowest BCUT2D eigenvalue weighted by atomic mass is 9.85. The molecule has 3 rings (SSSR count). The van der Waals surface area contributed by atoms with Gasteiger partial charge in [-0.15, -0.1) is 0 Å². The first-order valence-electron chi connectivity index (χ1n) is 6.43. The van der Waals surface area contributed by atoms with Crippen LogP contribution in [0.25, 0.3) is 0 Å². The molecule has 1 aromatic heterocycles. The summed E-state index contributed by atoms with van der Waals surface area (Å²) in [6.07, 6.45) is 2.40. The number of nitrogens with one attached hydrogen (secondary N) is 2. The Balaban J connectivity index is 2.02. The third-order valence-corrected chi connectivity index (χ3v) is 3.27. The van der Waals surface area contributed by atoms with Crippen LogP contribution >= 0.6 is 0 Å². The molecule has 0 saturated carbocycles. The van der Waals surface area contributed by atoms with E-state index in [0.717, 1.165) is 5.69 Å². The van der Waals surface area contributed by atoms with Gasteiger partial charge in [-0.05, 0) is 19.1 Å². The predicted octanol–water partition coefficient (Wildman–Crippen LogP) is 1.51. The van der Waals surface area contributed by atoms with Gasteiger partial charge < -0.3 is 5.32 Å². The maximum Gasteiger partial charge on any atom is 0.191 e. The fraction of sp³-hybridized carbons (Fsp3) is 0.214. The Bertz CT molecular complexity index is 712. The second-order valence-corrected chi connectivity index (χ2v) is 4.66. The van der Waals surface area contributed by atoms with Crippen molar-refractivity contribution in [1.29, 1.82) is 5.26 Å². The number of benzene rings is 1. The first-order chi connectivity index (χ1) is 10.2. The van der Waals surface area contributed by atoms with Gasteiger partial charge in [-0.2, -0.15) is 10.4 Å². The standard InChI is InChI=1S/C14H13N7/c1-10-16-8-14(7-15,12-17-9-18-21-12)13(19-10)20-11-5-3-2-4-6-11/h2-6,8-9,13,20H,1H3,(H,17,18,21). The Hall–Kier alpha value is -3.01. The molecule has 1 aliphatic rings. The van der Waals surface area contributed by atoms with Gasteiger partial charge in [-0.1, -0.05) is 18.2 Å². The highest BCUT2D eigenvalue weighted by molar-refractivity contribution is 5.95. The summed E-state index contributed by atoms with van der Waals surface area (Å²) >= 11 is 0. The van der Waals surface area contributed by atoms with Gasteiger partial charge in [0.2, 0.25) is 0 Å². The van der Waals surface area contributed by atoms with Gasteiger partial charge in [-0.3, -0.25) is 5.10 Å². The molecule has 0 saturated heterocycles. The SMILES string of the molecule is CC1=NC(Nc2ccccc2)C(C#N)(c2ncn[nH]2)C=N1. The molecule has 1 aliphatic heterocycles. The molecule has 21 heavy (non-hydrogen) atoms. The summed E-state index contributed by atoms with van der Waals surface area (Å²) in [4.78, 5) is 12.7. The maximum absolute atomic E-state index is 9.71. The quantitative estimate of drug-likeness (QED) is 0.888. The van der Waals surface area contributed by atoms with E-state index < -0.39 is 11.6 Å². The van der Waals surface area contributed by atoms with Crippen molar-refractivity contribution in [2.45, 2.75) is 18.5 Å². The monoisotopic (exact) mass is 279 g/mol.